The molecule has 1 unspecified atom stereocenters. The first kappa shape index (κ1) is 12.5. The van der Waals surface area contributed by atoms with Crippen molar-refractivity contribution >= 4 is 11.8 Å². The summed E-state index contributed by atoms with van der Waals surface area (Å²) in [5.41, 5.74) is 0. The zero-order valence-corrected chi connectivity index (χ0v) is 8.98. The van der Waals surface area contributed by atoms with Crippen molar-refractivity contribution in [2.24, 2.45) is 5.92 Å². The van der Waals surface area contributed by atoms with Gasteiger partial charge in [-0.3, -0.25) is 9.59 Å². The predicted octanol–water partition coefficient (Wildman–Crippen LogP) is -1.14. The van der Waals surface area contributed by atoms with Crippen LogP contribution in [0.25, 0.3) is 0 Å². The van der Waals surface area contributed by atoms with E-state index >= 15 is 0 Å². The molecule has 16 heavy (non-hydrogen) atoms. The highest BCUT2D eigenvalue weighted by Crippen LogP contribution is 2.18. The van der Waals surface area contributed by atoms with E-state index in [2.05, 4.69) is 5.32 Å². The summed E-state index contributed by atoms with van der Waals surface area (Å²) in [7, 11) is 0. The highest BCUT2D eigenvalue weighted by atomic mass is 16.3. The molecule has 0 spiro atoms. The Balaban J connectivity index is 2.39. The monoisotopic (exact) mass is 225 g/mol. The first-order valence-electron chi connectivity index (χ1n) is 5.24. The smallest absolute Gasteiger partial charge is 0.311 e. The van der Waals surface area contributed by atoms with Crippen molar-refractivity contribution in [3.63, 3.8) is 0 Å². The van der Waals surface area contributed by atoms with E-state index in [1.54, 1.807) is 6.07 Å². The number of rotatable bonds is 3. The van der Waals surface area contributed by atoms with Gasteiger partial charge >= 0.3 is 11.8 Å². The second kappa shape index (κ2) is 6.08. The Kier molecular flexibility index (Phi) is 4.73. The molecule has 0 saturated carbocycles. The van der Waals surface area contributed by atoms with Gasteiger partial charge in [-0.2, -0.15) is 5.26 Å². The summed E-state index contributed by atoms with van der Waals surface area (Å²) in [6.07, 6.45) is 1.47. The van der Waals surface area contributed by atoms with Gasteiger partial charge in [-0.05, 0) is 18.8 Å². The summed E-state index contributed by atoms with van der Waals surface area (Å²) in [6.45, 7) is 1.01. The first-order valence-corrected chi connectivity index (χ1v) is 5.24. The lowest BCUT2D eigenvalue weighted by atomic mass is 10.1. The fourth-order valence-corrected chi connectivity index (χ4v) is 1.77. The van der Waals surface area contributed by atoms with Crippen LogP contribution >= 0.6 is 0 Å². The number of carbonyl (C=O) groups is 2. The van der Waals surface area contributed by atoms with Crippen LogP contribution in [0.1, 0.15) is 12.8 Å². The summed E-state index contributed by atoms with van der Waals surface area (Å²) in [4.78, 5) is 24.3. The van der Waals surface area contributed by atoms with E-state index in [9.17, 15) is 9.59 Å². The maximum atomic E-state index is 11.5. The minimum atomic E-state index is -0.730. The van der Waals surface area contributed by atoms with Crippen LogP contribution < -0.4 is 5.32 Å². The van der Waals surface area contributed by atoms with Gasteiger partial charge in [-0.15, -0.1) is 0 Å². The van der Waals surface area contributed by atoms with Crippen LogP contribution in [0.15, 0.2) is 0 Å². The number of carbonyl (C=O) groups excluding carboxylic acids is 2. The second-order valence-corrected chi connectivity index (χ2v) is 3.76. The zero-order valence-electron chi connectivity index (χ0n) is 8.98. The molecule has 1 fully saturated rings. The summed E-state index contributed by atoms with van der Waals surface area (Å²) < 4.78 is 0. The third kappa shape index (κ3) is 3.21. The van der Waals surface area contributed by atoms with E-state index in [4.69, 9.17) is 10.4 Å². The number of hydrogen-bond acceptors (Lipinski definition) is 4. The molecule has 1 aliphatic rings. The lowest BCUT2D eigenvalue weighted by Crippen LogP contribution is -2.42. The van der Waals surface area contributed by atoms with Gasteiger partial charge in [-0.1, -0.05) is 0 Å². The average molecular weight is 225 g/mol. The average Bonchev–Trinajstić information content (AvgIpc) is 2.74. The lowest BCUT2D eigenvalue weighted by molar-refractivity contribution is -0.145. The Morgan fingerprint density at radius 1 is 1.56 bits per heavy atom. The fourth-order valence-electron chi connectivity index (χ4n) is 1.77. The predicted molar refractivity (Wildman–Crippen MR) is 55.0 cm³/mol. The van der Waals surface area contributed by atoms with Crippen LogP contribution in [0, 0.1) is 17.2 Å². The second-order valence-electron chi connectivity index (χ2n) is 3.76. The molecule has 88 valence electrons. The maximum absolute atomic E-state index is 11.5. The Hall–Kier alpha value is -1.61. The molecule has 1 aliphatic heterocycles. The molecular formula is C10H15N3O3. The van der Waals surface area contributed by atoms with Crippen LogP contribution in [-0.4, -0.2) is 48.1 Å². The van der Waals surface area contributed by atoms with Gasteiger partial charge in [0, 0.05) is 19.7 Å². The number of hydrogen-bond donors (Lipinski definition) is 2. The topological polar surface area (TPSA) is 93.4 Å². The largest absolute Gasteiger partial charge is 0.396 e. The maximum Gasteiger partial charge on any atom is 0.311 e. The van der Waals surface area contributed by atoms with Gasteiger partial charge in [0.05, 0.1) is 6.07 Å². The Morgan fingerprint density at radius 2 is 2.31 bits per heavy atom. The van der Waals surface area contributed by atoms with Crippen LogP contribution in [0.4, 0.5) is 0 Å². The number of nitriles is 1. The molecule has 1 heterocycles. The molecule has 0 aromatic heterocycles. The summed E-state index contributed by atoms with van der Waals surface area (Å²) in [5, 5.41) is 19.2. The Morgan fingerprint density at radius 3 is 2.94 bits per heavy atom. The molecule has 0 bridgehead atoms. The summed E-state index contributed by atoms with van der Waals surface area (Å²) in [6, 6.07) is 1.74. The molecule has 2 N–H and O–H groups in total. The van der Waals surface area contributed by atoms with E-state index in [0.29, 0.717) is 19.5 Å². The van der Waals surface area contributed by atoms with Crippen LogP contribution in [0.3, 0.4) is 0 Å². The third-order valence-electron chi connectivity index (χ3n) is 2.63. The van der Waals surface area contributed by atoms with Gasteiger partial charge in [-0.25, -0.2) is 0 Å². The van der Waals surface area contributed by atoms with Crippen molar-refractivity contribution in [3.05, 3.63) is 0 Å². The van der Waals surface area contributed by atoms with Crippen molar-refractivity contribution in [1.29, 1.82) is 5.26 Å². The number of nitrogens with zero attached hydrogens (tertiary/aromatic N) is 2. The molecule has 2 amide bonds. The van der Waals surface area contributed by atoms with Crippen molar-refractivity contribution in [2.45, 2.75) is 12.8 Å². The number of nitrogens with one attached hydrogen (secondary N) is 1. The quantitative estimate of drug-likeness (QED) is 0.469. The number of likely N-dealkylation sites (tertiary alicyclic amines) is 1. The molecule has 1 rings (SSSR count). The van der Waals surface area contributed by atoms with E-state index in [0.717, 1.165) is 6.42 Å². The van der Waals surface area contributed by atoms with Gasteiger partial charge in [0.1, 0.15) is 6.54 Å². The molecule has 1 saturated heterocycles. The molecule has 0 aromatic rings. The minimum absolute atomic E-state index is 0.104. The van der Waals surface area contributed by atoms with Crippen molar-refractivity contribution in [3.8, 4) is 6.07 Å². The molecule has 6 nitrogen and oxygen atoms in total. The molecule has 6 heteroatoms. The summed E-state index contributed by atoms with van der Waals surface area (Å²) >= 11 is 0. The van der Waals surface area contributed by atoms with Gasteiger partial charge in [0.15, 0.2) is 0 Å². The van der Waals surface area contributed by atoms with Crippen molar-refractivity contribution in [2.75, 3.05) is 26.2 Å². The van der Waals surface area contributed by atoms with E-state index in [1.807, 2.05) is 0 Å². The molecular weight excluding hydrogens is 210 g/mol. The van der Waals surface area contributed by atoms with Gasteiger partial charge in [0.25, 0.3) is 0 Å². The zero-order chi connectivity index (χ0) is 12.0. The van der Waals surface area contributed by atoms with E-state index in [-0.39, 0.29) is 19.1 Å². The van der Waals surface area contributed by atoms with E-state index in [1.165, 1.54) is 4.90 Å². The molecule has 0 aliphatic carbocycles. The summed E-state index contributed by atoms with van der Waals surface area (Å²) in [5.74, 6) is -1.04. The SMILES string of the molecule is N#CCNC(=O)C(=O)N1CCC(CCO)C1. The highest BCUT2D eigenvalue weighted by Gasteiger charge is 2.29. The third-order valence-corrected chi connectivity index (χ3v) is 2.63. The van der Waals surface area contributed by atoms with Gasteiger partial charge in [0.2, 0.25) is 0 Å². The van der Waals surface area contributed by atoms with Crippen molar-refractivity contribution in [1.82, 2.24) is 10.2 Å². The molecule has 1 atom stereocenters. The fraction of sp³-hybridized carbons (Fsp3) is 0.700. The lowest BCUT2D eigenvalue weighted by Gasteiger charge is -2.15. The standard InChI is InChI=1S/C10H15N3O3/c11-3-4-12-9(15)10(16)13-5-1-8(7-13)2-6-14/h8,14H,1-2,4-7H2,(H,12,15). The van der Waals surface area contributed by atoms with Gasteiger partial charge < -0.3 is 15.3 Å². The normalized spacial score (nSPS) is 19.2. The van der Waals surface area contributed by atoms with Crippen molar-refractivity contribution < 1.29 is 14.7 Å². The molecule has 0 aromatic carbocycles. The van der Waals surface area contributed by atoms with E-state index < -0.39 is 11.8 Å². The Labute approximate surface area is 93.8 Å². The molecule has 0 radical (unpaired) electrons. The number of aliphatic hydroxyl groups is 1. The first-order chi connectivity index (χ1) is 7.69. The van der Waals surface area contributed by atoms with Crippen LogP contribution in [0.5, 0.6) is 0 Å². The highest BCUT2D eigenvalue weighted by molar-refractivity contribution is 6.35. The number of amides is 2. The minimum Gasteiger partial charge on any atom is -0.396 e. The van der Waals surface area contributed by atoms with Crippen LogP contribution in [0.2, 0.25) is 0 Å². The van der Waals surface area contributed by atoms with Crippen LogP contribution in [-0.2, 0) is 9.59 Å². The number of aliphatic hydroxyl groups excluding tert-OH is 1. The Bertz CT molecular complexity index is 311.